The fourth-order valence-electron chi connectivity index (χ4n) is 2.27. The number of rotatable bonds is 6. The number of ether oxygens (including phenoxy) is 1. The third kappa shape index (κ3) is 4.30. The summed E-state index contributed by atoms with van der Waals surface area (Å²) < 4.78 is 76.2. The molecular weight excluding hydrogens is 385 g/mol. The second-order valence-corrected chi connectivity index (χ2v) is 5.66. The average Bonchev–Trinajstić information content (AvgIpc) is 3.15. The van der Waals surface area contributed by atoms with Crippen LogP contribution in [-0.4, -0.2) is 5.91 Å². The molecule has 0 atom stereocenters. The third-order valence-electron chi connectivity index (χ3n) is 3.68. The lowest BCUT2D eigenvalue weighted by Gasteiger charge is -2.08. The lowest BCUT2D eigenvalue weighted by Crippen LogP contribution is -2.22. The van der Waals surface area contributed by atoms with Gasteiger partial charge in [-0.1, -0.05) is 12.1 Å². The summed E-state index contributed by atoms with van der Waals surface area (Å²) in [6, 6.07) is 8.15. The van der Waals surface area contributed by atoms with Crippen LogP contribution in [0.15, 0.2) is 46.9 Å². The molecule has 146 valence electrons. The molecule has 28 heavy (non-hydrogen) atoms. The maximum absolute atomic E-state index is 13.5. The fraction of sp³-hybridized carbons (Fsp3) is 0.105. The first-order valence-electron chi connectivity index (χ1n) is 7.92. The molecule has 0 spiro atoms. The van der Waals surface area contributed by atoms with Crippen LogP contribution in [0.2, 0.25) is 0 Å². The van der Waals surface area contributed by atoms with Crippen molar-refractivity contribution in [3.05, 3.63) is 88.6 Å². The molecule has 9 heteroatoms. The van der Waals surface area contributed by atoms with E-state index in [1.54, 1.807) is 0 Å². The van der Waals surface area contributed by atoms with Crippen LogP contribution in [0, 0.1) is 29.1 Å². The fourth-order valence-corrected chi connectivity index (χ4v) is 2.27. The molecule has 0 unspecified atom stereocenters. The topological polar surface area (TPSA) is 51.5 Å². The number of carbonyl (C=O) groups is 1. The molecule has 0 aliphatic rings. The summed E-state index contributed by atoms with van der Waals surface area (Å²) >= 11 is 0. The lowest BCUT2D eigenvalue weighted by molar-refractivity contribution is 0.0918. The van der Waals surface area contributed by atoms with E-state index in [2.05, 4.69) is 5.32 Å². The maximum atomic E-state index is 13.5. The van der Waals surface area contributed by atoms with Crippen molar-refractivity contribution in [1.82, 2.24) is 5.32 Å². The number of amides is 1. The Bertz CT molecular complexity index is 975. The number of benzene rings is 2. The lowest BCUT2D eigenvalue weighted by atomic mass is 10.2. The van der Waals surface area contributed by atoms with E-state index >= 15 is 0 Å². The summed E-state index contributed by atoms with van der Waals surface area (Å²) in [6.45, 7) is -0.452. The molecule has 2 aromatic carbocycles. The molecular formula is C19H12F5NO3. The Balaban J connectivity index is 1.61. The van der Waals surface area contributed by atoms with Gasteiger partial charge in [0.15, 0.2) is 23.1 Å². The first-order chi connectivity index (χ1) is 13.3. The maximum Gasteiger partial charge on any atom is 0.287 e. The smallest absolute Gasteiger partial charge is 0.287 e. The Morgan fingerprint density at radius 3 is 2.21 bits per heavy atom. The number of hydrogen-bond acceptors (Lipinski definition) is 3. The van der Waals surface area contributed by atoms with Crippen molar-refractivity contribution in [2.45, 2.75) is 13.2 Å². The number of hydrogen-bond donors (Lipinski definition) is 1. The van der Waals surface area contributed by atoms with Gasteiger partial charge in [-0.3, -0.25) is 4.79 Å². The summed E-state index contributed by atoms with van der Waals surface area (Å²) in [4.78, 5) is 12.0. The molecule has 0 radical (unpaired) electrons. The largest absolute Gasteiger partial charge is 0.479 e. The minimum atomic E-state index is -1.68. The Morgan fingerprint density at radius 2 is 1.57 bits per heavy atom. The van der Waals surface area contributed by atoms with Crippen molar-refractivity contribution in [2.24, 2.45) is 0 Å². The predicted molar refractivity (Wildman–Crippen MR) is 86.9 cm³/mol. The van der Waals surface area contributed by atoms with E-state index in [-0.39, 0.29) is 24.1 Å². The highest BCUT2D eigenvalue weighted by Gasteiger charge is 2.21. The molecule has 0 aliphatic carbocycles. The van der Waals surface area contributed by atoms with Gasteiger partial charge in [-0.2, -0.15) is 8.78 Å². The molecule has 0 bridgehead atoms. The summed E-state index contributed by atoms with van der Waals surface area (Å²) in [5, 5.41) is 2.54. The van der Waals surface area contributed by atoms with Crippen LogP contribution >= 0.6 is 0 Å². The molecule has 1 heterocycles. The molecule has 1 aromatic heterocycles. The number of nitrogens with one attached hydrogen (secondary N) is 1. The van der Waals surface area contributed by atoms with Crippen LogP contribution in [0.1, 0.15) is 21.9 Å². The van der Waals surface area contributed by atoms with E-state index in [1.807, 2.05) is 0 Å². The van der Waals surface area contributed by atoms with E-state index in [9.17, 15) is 26.7 Å². The molecule has 1 amide bonds. The van der Waals surface area contributed by atoms with Crippen LogP contribution in [-0.2, 0) is 13.2 Å². The second-order valence-electron chi connectivity index (χ2n) is 5.66. The highest BCUT2D eigenvalue weighted by molar-refractivity contribution is 5.91. The van der Waals surface area contributed by atoms with Crippen molar-refractivity contribution in [2.75, 3.05) is 0 Å². The summed E-state index contributed by atoms with van der Waals surface area (Å²) in [5.41, 5.74) is 0.656. The second kappa shape index (κ2) is 8.12. The quantitative estimate of drug-likeness (QED) is 0.493. The Kier molecular flexibility index (Phi) is 5.62. The Morgan fingerprint density at radius 1 is 0.929 bits per heavy atom. The van der Waals surface area contributed by atoms with Crippen molar-refractivity contribution >= 4 is 5.91 Å². The van der Waals surface area contributed by atoms with Crippen LogP contribution in [0.3, 0.4) is 0 Å². The van der Waals surface area contributed by atoms with E-state index in [0.29, 0.717) is 5.56 Å². The molecule has 0 fully saturated rings. The molecule has 0 saturated heterocycles. The predicted octanol–water partition coefficient (Wildman–Crippen LogP) is 4.48. The molecule has 1 N–H and O–H groups in total. The zero-order valence-electron chi connectivity index (χ0n) is 14.1. The summed E-state index contributed by atoms with van der Waals surface area (Å²) in [6.07, 6.45) is 0. The molecule has 0 saturated carbocycles. The van der Waals surface area contributed by atoms with Gasteiger partial charge in [-0.25, -0.2) is 13.2 Å². The van der Waals surface area contributed by atoms with Gasteiger partial charge in [0.1, 0.15) is 18.2 Å². The number of carbonyl (C=O) groups excluding carboxylic acids is 1. The van der Waals surface area contributed by atoms with Gasteiger partial charge in [-0.15, -0.1) is 0 Å². The molecule has 4 nitrogen and oxygen atoms in total. The van der Waals surface area contributed by atoms with Gasteiger partial charge < -0.3 is 14.5 Å². The molecule has 0 aliphatic heterocycles. The van der Waals surface area contributed by atoms with Crippen molar-refractivity contribution in [3.63, 3.8) is 0 Å². The summed E-state index contributed by atoms with van der Waals surface area (Å²) in [7, 11) is 0. The zero-order valence-corrected chi connectivity index (χ0v) is 14.1. The summed E-state index contributed by atoms with van der Waals surface area (Å²) in [5.74, 6) is -8.91. The van der Waals surface area contributed by atoms with Crippen LogP contribution in [0.25, 0.3) is 0 Å². The molecule has 3 rings (SSSR count). The van der Waals surface area contributed by atoms with E-state index in [1.165, 1.54) is 36.4 Å². The van der Waals surface area contributed by atoms with Gasteiger partial charge in [0, 0.05) is 12.6 Å². The van der Waals surface area contributed by atoms with Crippen molar-refractivity contribution in [3.8, 4) is 5.75 Å². The van der Waals surface area contributed by atoms with Crippen LogP contribution < -0.4 is 10.1 Å². The minimum absolute atomic E-state index is 0.00426. The first kappa shape index (κ1) is 19.4. The van der Waals surface area contributed by atoms with Crippen molar-refractivity contribution in [1.29, 1.82) is 0 Å². The van der Waals surface area contributed by atoms with Gasteiger partial charge in [0.25, 0.3) is 5.91 Å². The third-order valence-corrected chi connectivity index (χ3v) is 3.68. The van der Waals surface area contributed by atoms with Gasteiger partial charge in [-0.05, 0) is 29.8 Å². The highest BCUT2D eigenvalue weighted by atomic mass is 19.2. The zero-order chi connectivity index (χ0) is 20.3. The van der Waals surface area contributed by atoms with Gasteiger partial charge >= 0.3 is 0 Å². The monoisotopic (exact) mass is 397 g/mol. The van der Waals surface area contributed by atoms with Crippen molar-refractivity contribution < 1.29 is 35.9 Å². The van der Waals surface area contributed by atoms with Gasteiger partial charge in [0.2, 0.25) is 11.6 Å². The van der Waals surface area contributed by atoms with Gasteiger partial charge in [0.05, 0.1) is 0 Å². The SMILES string of the molecule is O=C(NCc1ccc(F)cc1)c1ccc(COc2c(F)c(F)cc(F)c2F)o1. The highest BCUT2D eigenvalue weighted by Crippen LogP contribution is 2.27. The minimum Gasteiger partial charge on any atom is -0.479 e. The Hall–Kier alpha value is -3.36. The van der Waals surface area contributed by atoms with E-state index in [4.69, 9.17) is 9.15 Å². The number of halogens is 5. The van der Waals surface area contributed by atoms with Crippen LogP contribution in [0.4, 0.5) is 22.0 Å². The van der Waals surface area contributed by atoms with E-state index in [0.717, 1.165) is 0 Å². The standard InChI is InChI=1S/C19H12F5NO3/c20-11-3-1-10(2-4-11)8-25-19(26)15-6-5-12(28-15)9-27-18-16(23)13(21)7-14(22)17(18)24/h1-7H,8-9H2,(H,25,26). The van der Waals surface area contributed by atoms with Crippen LogP contribution in [0.5, 0.6) is 5.75 Å². The molecule has 3 aromatic rings. The van der Waals surface area contributed by atoms with E-state index < -0.39 is 47.3 Å². The first-order valence-corrected chi connectivity index (χ1v) is 7.92. The number of furan rings is 1. The Labute approximate surface area is 155 Å². The normalized spacial score (nSPS) is 10.8. The average molecular weight is 397 g/mol.